The third-order valence-corrected chi connectivity index (χ3v) is 5.44. The van der Waals surface area contributed by atoms with E-state index in [4.69, 9.17) is 15.2 Å². The molecule has 0 aliphatic heterocycles. The summed E-state index contributed by atoms with van der Waals surface area (Å²) in [7, 11) is 3.11. The molecule has 132 valence electrons. The predicted molar refractivity (Wildman–Crippen MR) is 96.7 cm³/mol. The number of rotatable bonds is 6. The number of fused-ring (bicyclic) bond motifs is 1. The van der Waals surface area contributed by atoms with E-state index >= 15 is 0 Å². The number of thiophene rings is 1. The van der Waals surface area contributed by atoms with Crippen molar-refractivity contribution in [3.05, 3.63) is 39.8 Å². The quantitative estimate of drug-likeness (QED) is 0.828. The van der Waals surface area contributed by atoms with E-state index in [1.807, 2.05) is 6.07 Å². The number of ether oxygens (including phenoxy) is 2. The van der Waals surface area contributed by atoms with Crippen molar-refractivity contribution in [1.29, 1.82) is 0 Å². The molecular formula is C18H20N2O4S. The van der Waals surface area contributed by atoms with Crippen molar-refractivity contribution in [2.24, 2.45) is 5.73 Å². The fraction of sp³-hybridized carbons (Fsp3) is 0.333. The number of methoxy groups -OCH3 is 2. The molecule has 3 rings (SSSR count). The van der Waals surface area contributed by atoms with Crippen molar-refractivity contribution in [1.82, 2.24) is 0 Å². The van der Waals surface area contributed by atoms with Crippen molar-refractivity contribution < 1.29 is 19.1 Å². The summed E-state index contributed by atoms with van der Waals surface area (Å²) in [5.74, 6) is 0.494. The van der Waals surface area contributed by atoms with Gasteiger partial charge in [0.1, 0.15) is 5.00 Å². The first-order chi connectivity index (χ1) is 12.0. The standard InChI is InChI=1S/C18H20N2O4S/c1-23-12-7-6-10(8-13(12)24-2)9-15(21)20-18-16(17(19)22)11-4-3-5-14(11)25-18/h6-8H,3-5,9H2,1-2H3,(H2,19,22)(H,20,21). The number of nitrogens with one attached hydrogen (secondary N) is 1. The zero-order valence-electron chi connectivity index (χ0n) is 14.2. The Morgan fingerprint density at radius 2 is 1.96 bits per heavy atom. The van der Waals surface area contributed by atoms with Crippen LogP contribution in [-0.4, -0.2) is 26.0 Å². The third kappa shape index (κ3) is 3.46. The summed E-state index contributed by atoms with van der Waals surface area (Å²) in [6.45, 7) is 0. The van der Waals surface area contributed by atoms with Gasteiger partial charge in [0.05, 0.1) is 26.2 Å². The lowest BCUT2D eigenvalue weighted by atomic mass is 10.1. The number of carbonyl (C=O) groups excluding carboxylic acids is 2. The van der Waals surface area contributed by atoms with Gasteiger partial charge in [0, 0.05) is 4.88 Å². The Labute approximate surface area is 149 Å². The first kappa shape index (κ1) is 17.3. The molecule has 1 aliphatic rings. The van der Waals surface area contributed by atoms with Gasteiger partial charge in [-0.1, -0.05) is 6.07 Å². The van der Waals surface area contributed by atoms with Crippen LogP contribution in [0.15, 0.2) is 18.2 Å². The molecule has 1 aromatic carbocycles. The average molecular weight is 360 g/mol. The van der Waals surface area contributed by atoms with Gasteiger partial charge in [0.2, 0.25) is 5.91 Å². The molecule has 0 bridgehead atoms. The Morgan fingerprint density at radius 3 is 2.64 bits per heavy atom. The smallest absolute Gasteiger partial charge is 0.251 e. The zero-order valence-corrected chi connectivity index (χ0v) is 15.0. The van der Waals surface area contributed by atoms with E-state index in [0.717, 1.165) is 35.3 Å². The molecule has 2 aromatic rings. The van der Waals surface area contributed by atoms with Crippen molar-refractivity contribution >= 4 is 28.2 Å². The maximum atomic E-state index is 12.4. The van der Waals surface area contributed by atoms with Gasteiger partial charge in [-0.3, -0.25) is 9.59 Å². The Balaban J connectivity index is 1.77. The molecule has 1 aromatic heterocycles. The molecule has 25 heavy (non-hydrogen) atoms. The van der Waals surface area contributed by atoms with Gasteiger partial charge in [0.25, 0.3) is 5.91 Å². The summed E-state index contributed by atoms with van der Waals surface area (Å²) in [6, 6.07) is 5.34. The normalized spacial score (nSPS) is 12.6. The molecular weight excluding hydrogens is 340 g/mol. The minimum absolute atomic E-state index is 0.168. The molecule has 7 heteroatoms. The highest BCUT2D eigenvalue weighted by Gasteiger charge is 2.26. The molecule has 1 heterocycles. The van der Waals surface area contributed by atoms with Crippen LogP contribution in [0.3, 0.4) is 0 Å². The Morgan fingerprint density at radius 1 is 1.20 bits per heavy atom. The largest absolute Gasteiger partial charge is 0.493 e. The van der Waals surface area contributed by atoms with Crippen molar-refractivity contribution in [3.63, 3.8) is 0 Å². The van der Waals surface area contributed by atoms with Crippen LogP contribution < -0.4 is 20.5 Å². The second-order valence-corrected chi connectivity index (χ2v) is 6.95. The Bertz CT molecular complexity index is 829. The SMILES string of the molecule is COc1ccc(CC(=O)Nc2sc3c(c2C(N)=O)CCC3)cc1OC. The van der Waals surface area contributed by atoms with Gasteiger partial charge in [-0.2, -0.15) is 0 Å². The van der Waals surface area contributed by atoms with E-state index in [9.17, 15) is 9.59 Å². The maximum Gasteiger partial charge on any atom is 0.251 e. The molecule has 0 atom stereocenters. The van der Waals surface area contributed by atoms with E-state index in [0.29, 0.717) is 22.1 Å². The number of anilines is 1. The summed E-state index contributed by atoms with van der Waals surface area (Å²) >= 11 is 1.45. The Kier molecular flexibility index (Phi) is 4.94. The lowest BCUT2D eigenvalue weighted by Gasteiger charge is -2.10. The van der Waals surface area contributed by atoms with E-state index < -0.39 is 5.91 Å². The first-order valence-corrected chi connectivity index (χ1v) is 8.80. The van der Waals surface area contributed by atoms with Crippen LogP contribution in [0.25, 0.3) is 0 Å². The lowest BCUT2D eigenvalue weighted by molar-refractivity contribution is -0.115. The van der Waals surface area contributed by atoms with Gasteiger partial charge < -0.3 is 20.5 Å². The lowest BCUT2D eigenvalue weighted by Crippen LogP contribution is -2.19. The molecule has 6 nitrogen and oxygen atoms in total. The molecule has 0 radical (unpaired) electrons. The van der Waals surface area contributed by atoms with E-state index in [2.05, 4.69) is 5.32 Å². The summed E-state index contributed by atoms with van der Waals surface area (Å²) in [6.07, 6.45) is 2.98. The van der Waals surface area contributed by atoms with Crippen LogP contribution in [0, 0.1) is 0 Å². The fourth-order valence-electron chi connectivity index (χ4n) is 3.10. The topological polar surface area (TPSA) is 90.6 Å². The number of aryl methyl sites for hydroxylation is 1. The molecule has 2 amide bonds. The molecule has 0 saturated heterocycles. The molecule has 0 saturated carbocycles. The maximum absolute atomic E-state index is 12.4. The Hall–Kier alpha value is -2.54. The minimum atomic E-state index is -0.485. The van der Waals surface area contributed by atoms with E-state index in [-0.39, 0.29) is 12.3 Å². The van der Waals surface area contributed by atoms with Crippen LogP contribution in [0.5, 0.6) is 11.5 Å². The minimum Gasteiger partial charge on any atom is -0.493 e. The van der Waals surface area contributed by atoms with Crippen molar-refractivity contribution in [3.8, 4) is 11.5 Å². The highest BCUT2D eigenvalue weighted by molar-refractivity contribution is 7.17. The van der Waals surface area contributed by atoms with Crippen LogP contribution in [-0.2, 0) is 24.1 Å². The monoisotopic (exact) mass is 360 g/mol. The van der Waals surface area contributed by atoms with Crippen LogP contribution >= 0.6 is 11.3 Å². The van der Waals surface area contributed by atoms with Gasteiger partial charge in [0.15, 0.2) is 11.5 Å². The number of hydrogen-bond acceptors (Lipinski definition) is 5. The summed E-state index contributed by atoms with van der Waals surface area (Å²) < 4.78 is 10.4. The summed E-state index contributed by atoms with van der Waals surface area (Å²) in [4.78, 5) is 25.3. The van der Waals surface area contributed by atoms with Gasteiger partial charge in [-0.05, 0) is 42.5 Å². The average Bonchev–Trinajstić information content (AvgIpc) is 3.14. The van der Waals surface area contributed by atoms with E-state index in [1.54, 1.807) is 26.4 Å². The number of carbonyl (C=O) groups is 2. The van der Waals surface area contributed by atoms with E-state index in [1.165, 1.54) is 11.3 Å². The second-order valence-electron chi connectivity index (χ2n) is 5.84. The number of amides is 2. The highest BCUT2D eigenvalue weighted by atomic mass is 32.1. The predicted octanol–water partition coefficient (Wildman–Crippen LogP) is 2.53. The second kappa shape index (κ2) is 7.14. The molecule has 0 spiro atoms. The van der Waals surface area contributed by atoms with Crippen LogP contribution in [0.1, 0.15) is 32.8 Å². The zero-order chi connectivity index (χ0) is 18.0. The first-order valence-electron chi connectivity index (χ1n) is 7.98. The van der Waals surface area contributed by atoms with Crippen molar-refractivity contribution in [2.45, 2.75) is 25.7 Å². The highest BCUT2D eigenvalue weighted by Crippen LogP contribution is 2.39. The van der Waals surface area contributed by atoms with Crippen LogP contribution in [0.4, 0.5) is 5.00 Å². The van der Waals surface area contributed by atoms with Crippen molar-refractivity contribution in [2.75, 3.05) is 19.5 Å². The summed E-state index contributed by atoms with van der Waals surface area (Å²) in [5.41, 5.74) is 7.78. The number of hydrogen-bond donors (Lipinski definition) is 2. The molecule has 3 N–H and O–H groups in total. The van der Waals surface area contributed by atoms with Gasteiger partial charge in [-0.15, -0.1) is 11.3 Å². The van der Waals surface area contributed by atoms with Crippen LogP contribution in [0.2, 0.25) is 0 Å². The number of benzene rings is 1. The van der Waals surface area contributed by atoms with Gasteiger partial charge in [-0.25, -0.2) is 0 Å². The van der Waals surface area contributed by atoms with Gasteiger partial charge >= 0.3 is 0 Å². The molecule has 0 fully saturated rings. The third-order valence-electron chi connectivity index (χ3n) is 4.23. The number of nitrogens with two attached hydrogens (primary N) is 1. The fourth-order valence-corrected chi connectivity index (χ4v) is 4.41. The number of primary amides is 1. The summed E-state index contributed by atoms with van der Waals surface area (Å²) in [5, 5.41) is 3.40. The molecule has 0 unspecified atom stereocenters. The molecule has 1 aliphatic carbocycles.